The predicted octanol–water partition coefficient (Wildman–Crippen LogP) is 4.72. The molecule has 26 heavy (non-hydrogen) atoms. The van der Waals surface area contributed by atoms with Crippen molar-refractivity contribution in [1.29, 1.82) is 0 Å². The molecule has 1 heterocycles. The molecule has 0 N–H and O–H groups in total. The molecule has 0 fully saturated rings. The standard InChI is InChI=1S/C22H20O3S/c1-4-25-21(24)17-10-7-15(8-11-17)5-6-16-9-12-20-18(13-16)19(23)14-22(2,3)26-20/h7-13H,4,14H2,1-3H3. The summed E-state index contributed by atoms with van der Waals surface area (Å²) in [4.78, 5) is 25.1. The summed E-state index contributed by atoms with van der Waals surface area (Å²) in [5.74, 6) is 6.01. The van der Waals surface area contributed by atoms with E-state index in [9.17, 15) is 9.59 Å². The van der Waals surface area contributed by atoms with Crippen molar-refractivity contribution in [3.8, 4) is 11.8 Å². The van der Waals surface area contributed by atoms with Crippen molar-refractivity contribution in [2.75, 3.05) is 6.61 Å². The van der Waals surface area contributed by atoms with Gasteiger partial charge in [-0.15, -0.1) is 11.8 Å². The third-order valence-electron chi connectivity index (χ3n) is 4.00. The number of rotatable bonds is 2. The number of benzene rings is 2. The molecule has 2 aromatic carbocycles. The van der Waals surface area contributed by atoms with Gasteiger partial charge in [-0.2, -0.15) is 0 Å². The fourth-order valence-electron chi connectivity index (χ4n) is 2.78. The molecular formula is C22H20O3S. The topological polar surface area (TPSA) is 43.4 Å². The van der Waals surface area contributed by atoms with E-state index in [1.54, 1.807) is 43.0 Å². The first kappa shape index (κ1) is 18.3. The van der Waals surface area contributed by atoms with Gasteiger partial charge in [-0.1, -0.05) is 11.8 Å². The molecule has 0 atom stereocenters. The summed E-state index contributed by atoms with van der Waals surface area (Å²) in [5, 5.41) is 0. The molecule has 0 spiro atoms. The van der Waals surface area contributed by atoms with E-state index in [0.717, 1.165) is 21.6 Å². The van der Waals surface area contributed by atoms with Crippen molar-refractivity contribution in [1.82, 2.24) is 0 Å². The van der Waals surface area contributed by atoms with Gasteiger partial charge in [0.2, 0.25) is 0 Å². The monoisotopic (exact) mass is 364 g/mol. The van der Waals surface area contributed by atoms with Crippen LogP contribution in [0.5, 0.6) is 0 Å². The lowest BCUT2D eigenvalue weighted by Crippen LogP contribution is -2.25. The normalized spacial score (nSPS) is 14.8. The third kappa shape index (κ3) is 4.17. The average Bonchev–Trinajstić information content (AvgIpc) is 2.60. The highest BCUT2D eigenvalue weighted by atomic mass is 32.2. The maximum atomic E-state index is 12.4. The van der Waals surface area contributed by atoms with Gasteiger partial charge in [0, 0.05) is 32.8 Å². The van der Waals surface area contributed by atoms with Crippen LogP contribution in [0.25, 0.3) is 0 Å². The molecule has 3 nitrogen and oxygen atoms in total. The number of ketones is 1. The minimum absolute atomic E-state index is 0.0576. The number of carbonyl (C=O) groups is 2. The number of ether oxygens (including phenoxy) is 1. The summed E-state index contributed by atoms with van der Waals surface area (Å²) in [6, 6.07) is 12.8. The van der Waals surface area contributed by atoms with Crippen LogP contribution in [0.1, 0.15) is 59.0 Å². The molecule has 0 aromatic heterocycles. The van der Waals surface area contributed by atoms with E-state index >= 15 is 0 Å². The van der Waals surface area contributed by atoms with Crippen LogP contribution in [0.3, 0.4) is 0 Å². The summed E-state index contributed by atoms with van der Waals surface area (Å²) >= 11 is 1.74. The molecule has 2 aromatic rings. The van der Waals surface area contributed by atoms with E-state index in [-0.39, 0.29) is 16.5 Å². The quantitative estimate of drug-likeness (QED) is 0.571. The van der Waals surface area contributed by atoms with Gasteiger partial charge >= 0.3 is 5.97 Å². The van der Waals surface area contributed by atoms with Gasteiger partial charge in [-0.05, 0) is 63.2 Å². The number of Topliss-reactive ketones (excluding diaryl/α,β-unsaturated/α-hetero) is 1. The number of esters is 1. The van der Waals surface area contributed by atoms with Crippen LogP contribution in [0.2, 0.25) is 0 Å². The lowest BCUT2D eigenvalue weighted by Gasteiger charge is -2.29. The van der Waals surface area contributed by atoms with Crippen LogP contribution in [0, 0.1) is 11.8 Å². The maximum Gasteiger partial charge on any atom is 0.338 e. The number of carbonyl (C=O) groups excluding carboxylic acids is 2. The average molecular weight is 364 g/mol. The fourth-order valence-corrected chi connectivity index (χ4v) is 4.00. The van der Waals surface area contributed by atoms with E-state index in [0.29, 0.717) is 18.6 Å². The molecule has 1 aliphatic rings. The Kier molecular flexibility index (Phi) is 5.20. The van der Waals surface area contributed by atoms with Crippen LogP contribution < -0.4 is 0 Å². The molecule has 132 valence electrons. The molecular weight excluding hydrogens is 344 g/mol. The van der Waals surface area contributed by atoms with Crippen molar-refractivity contribution in [3.05, 3.63) is 64.7 Å². The second kappa shape index (κ2) is 7.39. The zero-order valence-electron chi connectivity index (χ0n) is 15.1. The zero-order chi connectivity index (χ0) is 18.7. The minimum Gasteiger partial charge on any atom is -0.462 e. The lowest BCUT2D eigenvalue weighted by atomic mass is 9.98. The summed E-state index contributed by atoms with van der Waals surface area (Å²) in [5.41, 5.74) is 2.89. The predicted molar refractivity (Wildman–Crippen MR) is 104 cm³/mol. The van der Waals surface area contributed by atoms with Gasteiger partial charge in [0.05, 0.1) is 12.2 Å². The third-order valence-corrected chi connectivity index (χ3v) is 5.27. The Hall–Kier alpha value is -2.51. The van der Waals surface area contributed by atoms with E-state index in [1.807, 2.05) is 18.2 Å². The molecule has 0 radical (unpaired) electrons. The fraction of sp³-hybridized carbons (Fsp3) is 0.273. The van der Waals surface area contributed by atoms with Gasteiger partial charge in [-0.3, -0.25) is 4.79 Å². The lowest BCUT2D eigenvalue weighted by molar-refractivity contribution is 0.0526. The van der Waals surface area contributed by atoms with Crippen LogP contribution in [-0.4, -0.2) is 23.1 Å². The Bertz CT molecular complexity index is 915. The van der Waals surface area contributed by atoms with Crippen LogP contribution in [-0.2, 0) is 4.74 Å². The van der Waals surface area contributed by atoms with Crippen molar-refractivity contribution < 1.29 is 14.3 Å². The van der Waals surface area contributed by atoms with Gasteiger partial charge < -0.3 is 4.74 Å². The Morgan fingerprint density at radius 2 is 1.77 bits per heavy atom. The second-order valence-electron chi connectivity index (χ2n) is 6.72. The molecule has 0 saturated heterocycles. The largest absolute Gasteiger partial charge is 0.462 e. The number of hydrogen-bond acceptors (Lipinski definition) is 4. The van der Waals surface area contributed by atoms with Crippen LogP contribution >= 0.6 is 11.8 Å². The van der Waals surface area contributed by atoms with Gasteiger partial charge in [0.1, 0.15) is 0 Å². The number of thioether (sulfide) groups is 1. The van der Waals surface area contributed by atoms with Gasteiger partial charge in [0.25, 0.3) is 0 Å². The van der Waals surface area contributed by atoms with E-state index in [1.165, 1.54) is 0 Å². The molecule has 3 rings (SSSR count). The highest BCUT2D eigenvalue weighted by Crippen LogP contribution is 2.42. The maximum absolute atomic E-state index is 12.4. The van der Waals surface area contributed by atoms with Crippen LogP contribution in [0.15, 0.2) is 47.4 Å². The smallest absolute Gasteiger partial charge is 0.338 e. The van der Waals surface area contributed by atoms with E-state index < -0.39 is 0 Å². The first-order chi connectivity index (χ1) is 12.4. The van der Waals surface area contributed by atoms with Crippen molar-refractivity contribution in [2.24, 2.45) is 0 Å². The van der Waals surface area contributed by atoms with Crippen LogP contribution in [0.4, 0.5) is 0 Å². The zero-order valence-corrected chi connectivity index (χ0v) is 15.9. The highest BCUT2D eigenvalue weighted by molar-refractivity contribution is 8.00. The van der Waals surface area contributed by atoms with Crippen molar-refractivity contribution in [3.63, 3.8) is 0 Å². The molecule has 0 bridgehead atoms. The van der Waals surface area contributed by atoms with Crippen molar-refractivity contribution >= 4 is 23.5 Å². The van der Waals surface area contributed by atoms with E-state index in [4.69, 9.17) is 4.74 Å². The summed E-state index contributed by atoms with van der Waals surface area (Å²) in [7, 11) is 0. The Morgan fingerprint density at radius 3 is 2.46 bits per heavy atom. The Labute approximate surface area is 158 Å². The summed E-state index contributed by atoms with van der Waals surface area (Å²) < 4.78 is 4.91. The molecule has 0 unspecified atom stereocenters. The number of hydrogen-bond donors (Lipinski definition) is 0. The molecule has 1 aliphatic heterocycles. The SMILES string of the molecule is CCOC(=O)c1ccc(C#Cc2ccc3c(c2)C(=O)CC(C)(C)S3)cc1. The van der Waals surface area contributed by atoms with Gasteiger partial charge in [-0.25, -0.2) is 4.79 Å². The second-order valence-corrected chi connectivity index (χ2v) is 8.47. The van der Waals surface area contributed by atoms with E-state index in [2.05, 4.69) is 25.7 Å². The van der Waals surface area contributed by atoms with Gasteiger partial charge in [0.15, 0.2) is 5.78 Å². The first-order valence-electron chi connectivity index (χ1n) is 8.53. The summed E-state index contributed by atoms with van der Waals surface area (Å²) in [6.45, 7) is 6.31. The Balaban J connectivity index is 1.80. The Morgan fingerprint density at radius 1 is 1.12 bits per heavy atom. The molecule has 0 aliphatic carbocycles. The molecule has 4 heteroatoms. The number of fused-ring (bicyclic) bond motifs is 1. The highest BCUT2D eigenvalue weighted by Gasteiger charge is 2.31. The first-order valence-corrected chi connectivity index (χ1v) is 9.35. The summed E-state index contributed by atoms with van der Waals surface area (Å²) in [6.07, 6.45) is 0.539. The minimum atomic E-state index is -0.333. The van der Waals surface area contributed by atoms with Crippen molar-refractivity contribution in [2.45, 2.75) is 36.8 Å². The molecule has 0 amide bonds. The molecule has 0 saturated carbocycles.